The third-order valence-electron chi connectivity index (χ3n) is 2.80. The van der Waals surface area contributed by atoms with Crippen molar-refractivity contribution in [2.45, 2.75) is 39.7 Å². The Labute approximate surface area is 99.5 Å². The van der Waals surface area contributed by atoms with Crippen LogP contribution in [0.5, 0.6) is 0 Å². The molecule has 1 aromatic rings. The highest BCUT2D eigenvalue weighted by molar-refractivity contribution is 5.54. The molecule has 0 bridgehead atoms. The number of nitrogens with zero attached hydrogens (tertiary/aromatic N) is 1. The molecule has 0 fully saturated rings. The van der Waals surface area contributed by atoms with Gasteiger partial charge in [0.05, 0.1) is 0 Å². The molecule has 0 spiro atoms. The lowest BCUT2D eigenvalue weighted by Gasteiger charge is -2.30. The van der Waals surface area contributed by atoms with Gasteiger partial charge in [-0.2, -0.15) is 0 Å². The molecule has 0 aromatic heterocycles. The van der Waals surface area contributed by atoms with Gasteiger partial charge < -0.3 is 10.6 Å². The zero-order chi connectivity index (χ0) is 12.0. The van der Waals surface area contributed by atoms with Crippen LogP contribution in [0.25, 0.3) is 0 Å². The average Bonchev–Trinajstić information content (AvgIpc) is 2.27. The molecule has 16 heavy (non-hydrogen) atoms. The standard InChI is InChI=1S/C14H24N2/c1-4-11-16(12(2)3)14-8-6-5-7-13(14)9-10-15/h5-8,12H,4,9-11,15H2,1-3H3. The van der Waals surface area contributed by atoms with E-state index in [2.05, 4.69) is 49.9 Å². The molecule has 1 aromatic carbocycles. The van der Waals surface area contributed by atoms with Crippen LogP contribution in [-0.4, -0.2) is 19.1 Å². The molecule has 0 aliphatic carbocycles. The van der Waals surface area contributed by atoms with E-state index in [1.807, 2.05) is 0 Å². The van der Waals surface area contributed by atoms with E-state index in [4.69, 9.17) is 5.73 Å². The van der Waals surface area contributed by atoms with Gasteiger partial charge in [-0.1, -0.05) is 25.1 Å². The van der Waals surface area contributed by atoms with Crippen molar-refractivity contribution in [3.8, 4) is 0 Å². The Hall–Kier alpha value is -1.02. The molecule has 0 amide bonds. The van der Waals surface area contributed by atoms with Gasteiger partial charge in [-0.15, -0.1) is 0 Å². The molecule has 0 saturated heterocycles. The molecule has 0 heterocycles. The van der Waals surface area contributed by atoms with Crippen LogP contribution in [-0.2, 0) is 6.42 Å². The Balaban J connectivity index is 2.97. The number of rotatable bonds is 6. The molecule has 2 nitrogen and oxygen atoms in total. The summed E-state index contributed by atoms with van der Waals surface area (Å²) in [6.45, 7) is 8.54. The van der Waals surface area contributed by atoms with Crippen molar-refractivity contribution >= 4 is 5.69 Å². The summed E-state index contributed by atoms with van der Waals surface area (Å²) in [5, 5.41) is 0. The van der Waals surface area contributed by atoms with Crippen molar-refractivity contribution in [1.29, 1.82) is 0 Å². The second-order valence-electron chi connectivity index (χ2n) is 4.45. The largest absolute Gasteiger partial charge is 0.369 e. The molecule has 0 atom stereocenters. The highest BCUT2D eigenvalue weighted by Gasteiger charge is 2.12. The van der Waals surface area contributed by atoms with Crippen molar-refractivity contribution in [3.05, 3.63) is 29.8 Å². The van der Waals surface area contributed by atoms with Crippen LogP contribution in [0, 0.1) is 0 Å². The Morgan fingerprint density at radius 3 is 2.50 bits per heavy atom. The number of nitrogens with two attached hydrogens (primary N) is 1. The van der Waals surface area contributed by atoms with Crippen LogP contribution in [0.4, 0.5) is 5.69 Å². The topological polar surface area (TPSA) is 29.3 Å². The van der Waals surface area contributed by atoms with Gasteiger partial charge in [-0.25, -0.2) is 0 Å². The lowest BCUT2D eigenvalue weighted by atomic mass is 10.1. The van der Waals surface area contributed by atoms with Crippen molar-refractivity contribution in [1.82, 2.24) is 0 Å². The summed E-state index contributed by atoms with van der Waals surface area (Å²) in [5.74, 6) is 0. The molecular formula is C14H24N2. The lowest BCUT2D eigenvalue weighted by molar-refractivity contribution is 0.667. The molecule has 0 aliphatic rings. The SMILES string of the molecule is CCCN(c1ccccc1CCN)C(C)C. The first-order chi connectivity index (χ1) is 7.70. The van der Waals surface area contributed by atoms with E-state index in [1.165, 1.54) is 17.7 Å². The molecule has 2 N–H and O–H groups in total. The number of hydrogen-bond acceptors (Lipinski definition) is 2. The highest BCUT2D eigenvalue weighted by atomic mass is 15.1. The summed E-state index contributed by atoms with van der Waals surface area (Å²) >= 11 is 0. The summed E-state index contributed by atoms with van der Waals surface area (Å²) in [7, 11) is 0. The van der Waals surface area contributed by atoms with Crippen molar-refractivity contribution in [3.63, 3.8) is 0 Å². The van der Waals surface area contributed by atoms with E-state index in [-0.39, 0.29) is 0 Å². The minimum absolute atomic E-state index is 0.541. The molecule has 0 saturated carbocycles. The second kappa shape index (κ2) is 6.54. The first-order valence-corrected chi connectivity index (χ1v) is 6.25. The predicted molar refractivity (Wildman–Crippen MR) is 72.0 cm³/mol. The summed E-state index contributed by atoms with van der Waals surface area (Å²) < 4.78 is 0. The fourth-order valence-electron chi connectivity index (χ4n) is 2.06. The van der Waals surface area contributed by atoms with Gasteiger partial charge in [0.2, 0.25) is 0 Å². The Morgan fingerprint density at radius 2 is 1.94 bits per heavy atom. The average molecular weight is 220 g/mol. The fraction of sp³-hybridized carbons (Fsp3) is 0.571. The first kappa shape index (κ1) is 13.0. The van der Waals surface area contributed by atoms with Gasteiger partial charge in [0.15, 0.2) is 0 Å². The quantitative estimate of drug-likeness (QED) is 0.798. The molecule has 2 heteroatoms. The van der Waals surface area contributed by atoms with Gasteiger partial charge in [0.1, 0.15) is 0 Å². The normalized spacial score (nSPS) is 10.8. The van der Waals surface area contributed by atoms with Crippen LogP contribution in [0.1, 0.15) is 32.8 Å². The third-order valence-corrected chi connectivity index (χ3v) is 2.80. The molecule has 0 aliphatic heterocycles. The van der Waals surface area contributed by atoms with Crippen molar-refractivity contribution in [2.75, 3.05) is 18.0 Å². The zero-order valence-electron chi connectivity index (χ0n) is 10.7. The van der Waals surface area contributed by atoms with Gasteiger partial charge in [0.25, 0.3) is 0 Å². The van der Waals surface area contributed by atoms with Crippen LogP contribution >= 0.6 is 0 Å². The monoisotopic (exact) mass is 220 g/mol. The summed E-state index contributed by atoms with van der Waals surface area (Å²) in [4.78, 5) is 2.46. The maximum Gasteiger partial charge on any atom is 0.0401 e. The summed E-state index contributed by atoms with van der Waals surface area (Å²) in [5.41, 5.74) is 8.38. The smallest absolute Gasteiger partial charge is 0.0401 e. The van der Waals surface area contributed by atoms with E-state index in [1.54, 1.807) is 0 Å². The van der Waals surface area contributed by atoms with Gasteiger partial charge >= 0.3 is 0 Å². The third kappa shape index (κ3) is 3.24. The maximum absolute atomic E-state index is 5.66. The van der Waals surface area contributed by atoms with Crippen LogP contribution in [0.15, 0.2) is 24.3 Å². The summed E-state index contributed by atoms with van der Waals surface area (Å²) in [6.07, 6.45) is 2.14. The number of hydrogen-bond donors (Lipinski definition) is 1. The Morgan fingerprint density at radius 1 is 1.25 bits per heavy atom. The van der Waals surface area contributed by atoms with Crippen LogP contribution < -0.4 is 10.6 Å². The number of benzene rings is 1. The maximum atomic E-state index is 5.66. The molecular weight excluding hydrogens is 196 g/mol. The van der Waals surface area contributed by atoms with Crippen molar-refractivity contribution < 1.29 is 0 Å². The van der Waals surface area contributed by atoms with E-state index in [9.17, 15) is 0 Å². The van der Waals surface area contributed by atoms with Gasteiger partial charge in [0, 0.05) is 18.3 Å². The molecule has 0 unspecified atom stereocenters. The van der Waals surface area contributed by atoms with Crippen molar-refractivity contribution in [2.24, 2.45) is 5.73 Å². The predicted octanol–water partition coefficient (Wildman–Crippen LogP) is 2.81. The number of anilines is 1. The highest BCUT2D eigenvalue weighted by Crippen LogP contribution is 2.23. The van der Waals surface area contributed by atoms with E-state index in [0.717, 1.165) is 19.5 Å². The molecule has 1 rings (SSSR count). The minimum atomic E-state index is 0.541. The lowest BCUT2D eigenvalue weighted by Crippen LogP contribution is -2.32. The Bertz CT molecular complexity index is 307. The first-order valence-electron chi connectivity index (χ1n) is 6.25. The van der Waals surface area contributed by atoms with Gasteiger partial charge in [-0.3, -0.25) is 0 Å². The molecule has 90 valence electrons. The van der Waals surface area contributed by atoms with Crippen LogP contribution in [0.3, 0.4) is 0 Å². The minimum Gasteiger partial charge on any atom is -0.369 e. The zero-order valence-corrected chi connectivity index (χ0v) is 10.7. The van der Waals surface area contributed by atoms with Crippen LogP contribution in [0.2, 0.25) is 0 Å². The van der Waals surface area contributed by atoms with Gasteiger partial charge in [-0.05, 0) is 44.9 Å². The summed E-state index contributed by atoms with van der Waals surface area (Å²) in [6, 6.07) is 9.15. The van der Waals surface area contributed by atoms with E-state index < -0.39 is 0 Å². The fourth-order valence-corrected chi connectivity index (χ4v) is 2.06. The molecule has 0 radical (unpaired) electrons. The van der Waals surface area contributed by atoms with E-state index in [0.29, 0.717) is 6.04 Å². The Kier molecular flexibility index (Phi) is 5.33. The second-order valence-corrected chi connectivity index (χ2v) is 4.45. The van der Waals surface area contributed by atoms with E-state index >= 15 is 0 Å². The number of para-hydroxylation sites is 1.